The number of amides is 1. The van der Waals surface area contributed by atoms with E-state index in [0.29, 0.717) is 11.8 Å². The Hall–Kier alpha value is -1.14. The summed E-state index contributed by atoms with van der Waals surface area (Å²) >= 11 is 0. The van der Waals surface area contributed by atoms with Gasteiger partial charge < -0.3 is 0 Å². The van der Waals surface area contributed by atoms with E-state index in [1.165, 1.54) is 47.1 Å². The Labute approximate surface area is 190 Å². The summed E-state index contributed by atoms with van der Waals surface area (Å²) in [4.78, 5) is 13.5. The maximum absolute atomic E-state index is 13.5. The van der Waals surface area contributed by atoms with Gasteiger partial charge in [-0.25, -0.2) is 0 Å². The van der Waals surface area contributed by atoms with Gasteiger partial charge in [-0.15, -0.1) is 0 Å². The van der Waals surface area contributed by atoms with E-state index in [2.05, 4.69) is 72.1 Å². The van der Waals surface area contributed by atoms with Crippen LogP contribution in [0.5, 0.6) is 0 Å². The molecular weight excluding hydrogens is 410 g/mol. The minimum atomic E-state index is -1.87. The van der Waals surface area contributed by atoms with Crippen LogP contribution in [0.2, 0.25) is 31.2 Å². The molecule has 1 amide bonds. The first-order valence-corrected chi connectivity index (χ1v) is 19.4. The van der Waals surface area contributed by atoms with E-state index in [1.807, 2.05) is 0 Å². The summed E-state index contributed by atoms with van der Waals surface area (Å²) in [5.41, 5.74) is 16.3. The van der Waals surface area contributed by atoms with Gasteiger partial charge in [0.2, 0.25) is 5.91 Å². The van der Waals surface area contributed by atoms with Gasteiger partial charge in [-0.3, -0.25) is 10.5 Å². The molecule has 1 aliphatic heterocycles. The zero-order valence-corrected chi connectivity index (χ0v) is 22.8. The lowest BCUT2D eigenvalue weighted by atomic mass is 9.69. The van der Waals surface area contributed by atoms with E-state index in [-0.39, 0.29) is 21.4 Å². The van der Waals surface area contributed by atoms with E-state index in [9.17, 15) is 4.79 Å². The van der Waals surface area contributed by atoms with E-state index < -0.39 is 15.2 Å². The third-order valence-electron chi connectivity index (χ3n) is 11.0. The molecule has 1 N–H and O–H groups in total. The van der Waals surface area contributed by atoms with Crippen molar-refractivity contribution in [3.05, 3.63) is 40.0 Å². The molecule has 1 saturated heterocycles. The number of rotatable bonds is 3. The molecule has 0 aromatic heterocycles. The Balaban J connectivity index is 1.87. The minimum absolute atomic E-state index is 0.0140. The number of hydrogen-bond donors (Lipinski definition) is 0. The van der Waals surface area contributed by atoms with Crippen molar-refractivity contribution in [2.24, 2.45) is 11.8 Å². The van der Waals surface area contributed by atoms with Crippen molar-refractivity contribution in [2.75, 3.05) is 0 Å². The topological polar surface area (TPSA) is 40.9 Å². The van der Waals surface area contributed by atoms with Crippen LogP contribution < -0.4 is 5.73 Å². The lowest BCUT2D eigenvalue weighted by Crippen LogP contribution is -2.91. The van der Waals surface area contributed by atoms with Crippen LogP contribution in [0.15, 0.2) is 17.7 Å². The lowest BCUT2D eigenvalue weighted by molar-refractivity contribution is -0.125. The fourth-order valence-electron chi connectivity index (χ4n) is 9.29. The van der Waals surface area contributed by atoms with E-state index in [0.717, 1.165) is 12.8 Å². The van der Waals surface area contributed by atoms with Crippen molar-refractivity contribution in [2.45, 2.75) is 101 Å². The molecule has 2 saturated carbocycles. The Morgan fingerprint density at radius 3 is 2.32 bits per heavy atom. The first-order valence-electron chi connectivity index (χ1n) is 12.4. The van der Waals surface area contributed by atoms with Crippen molar-refractivity contribution < 1.29 is 4.79 Å². The quantitative estimate of drug-likeness (QED) is 0.478. The van der Waals surface area contributed by atoms with Gasteiger partial charge in [-0.1, -0.05) is 77.7 Å². The van der Waals surface area contributed by atoms with Crippen molar-refractivity contribution in [1.29, 1.82) is 0 Å². The third kappa shape index (κ3) is 2.09. The van der Waals surface area contributed by atoms with Gasteiger partial charge in [0.05, 0.1) is 20.2 Å². The Morgan fingerprint density at radius 1 is 1.10 bits per heavy atom. The van der Waals surface area contributed by atoms with Gasteiger partial charge in [0.15, 0.2) is 0 Å². The summed E-state index contributed by atoms with van der Waals surface area (Å²) in [6.45, 7) is 19.4. The highest BCUT2D eigenvalue weighted by Gasteiger charge is 2.91. The van der Waals surface area contributed by atoms with E-state index in [4.69, 9.17) is 5.73 Å². The van der Waals surface area contributed by atoms with Crippen LogP contribution in [0.1, 0.15) is 75.6 Å². The fraction of sp³-hybridized carbons (Fsp3) is 0.667. The van der Waals surface area contributed by atoms with Crippen molar-refractivity contribution in [3.63, 3.8) is 0 Å². The molecule has 3 aliphatic carbocycles. The zero-order valence-electron chi connectivity index (χ0n) is 20.8. The summed E-state index contributed by atoms with van der Waals surface area (Å²) in [5.74, 6) is 0.873. The fourth-order valence-corrected chi connectivity index (χ4v) is 28.0. The number of carbonyl (C=O) groups excluding carboxylic acids is 1. The van der Waals surface area contributed by atoms with Gasteiger partial charge in [0.1, 0.15) is 0 Å². The smallest absolute Gasteiger partial charge is 0.242 e. The predicted molar refractivity (Wildman–Crippen MR) is 135 cm³/mol. The van der Waals surface area contributed by atoms with Crippen LogP contribution in [0.4, 0.5) is 0 Å². The summed E-state index contributed by atoms with van der Waals surface area (Å²) in [5, 5.41) is -0.363. The molecule has 4 unspecified atom stereocenters. The van der Waals surface area contributed by atoms with E-state index >= 15 is 0 Å². The predicted octanol–water partition coefficient (Wildman–Crippen LogP) is 6.60. The van der Waals surface area contributed by atoms with E-state index in [1.54, 1.807) is 0 Å². The standard InChI is InChI=1S/C27H40NOSi2/c1-9-17-12-18-14-21(25(2,3)4)16-23(22(18)13-17)26-19-10-11-20(15-19)27(26,24(28)29)31(7,8)30(26,5)6/h12,14,16,19-20,28H,9-11,13,15H2,1-8H3. The highest BCUT2D eigenvalue weighted by molar-refractivity contribution is 7.48. The summed E-state index contributed by atoms with van der Waals surface area (Å²) in [6, 6.07) is 4.98. The van der Waals surface area contributed by atoms with Crippen LogP contribution in [-0.4, -0.2) is 21.1 Å². The molecule has 5 rings (SSSR count). The first kappa shape index (κ1) is 21.7. The van der Waals surface area contributed by atoms with Gasteiger partial charge in [-0.05, 0) is 71.6 Å². The number of nitrogens with one attached hydrogen (secondary N) is 1. The number of benzene rings is 1. The molecule has 1 aromatic rings. The zero-order chi connectivity index (χ0) is 22.8. The van der Waals surface area contributed by atoms with Gasteiger partial charge in [-0.2, -0.15) is 0 Å². The van der Waals surface area contributed by atoms with Crippen LogP contribution in [0.3, 0.4) is 0 Å². The van der Waals surface area contributed by atoms with Crippen LogP contribution >= 0.6 is 0 Å². The highest BCUT2D eigenvalue weighted by Crippen LogP contribution is 2.85. The summed E-state index contributed by atoms with van der Waals surface area (Å²) in [6.07, 6.45) is 8.24. The number of carbonyl (C=O) groups is 1. The maximum Gasteiger partial charge on any atom is 0.242 e. The molecule has 2 bridgehead atoms. The third-order valence-corrected chi connectivity index (χ3v) is 32.1. The monoisotopic (exact) mass is 450 g/mol. The molecule has 1 radical (unpaired) electrons. The normalized spacial score (nSPS) is 36.6. The number of allylic oxidation sites excluding steroid dienone is 1. The molecule has 4 atom stereocenters. The summed E-state index contributed by atoms with van der Waals surface area (Å²) in [7, 11) is -3.64. The SMILES string of the molecule is CCC1=Cc2cc(C(C)(C)C)cc(C34C5CCC(C5)C3(C([NH])=O)[Si](C)(C)[Si]4(C)C)c2C1. The average Bonchev–Trinajstić information content (AvgIpc) is 3.36. The Bertz CT molecular complexity index is 1030. The molecule has 0 spiro atoms. The van der Waals surface area contributed by atoms with Crippen molar-refractivity contribution >= 4 is 27.2 Å². The van der Waals surface area contributed by atoms with Crippen molar-refractivity contribution in [3.8, 4) is 0 Å². The average molecular weight is 451 g/mol. The molecule has 4 heteroatoms. The molecule has 31 heavy (non-hydrogen) atoms. The molecule has 2 nitrogen and oxygen atoms in total. The largest absolute Gasteiger partial charge is 0.273 e. The number of fused-ring (bicyclic) bond motifs is 6. The first-order chi connectivity index (χ1) is 14.3. The molecule has 3 fully saturated rings. The number of hydrogen-bond acceptors (Lipinski definition) is 1. The van der Waals surface area contributed by atoms with Crippen LogP contribution in [0.25, 0.3) is 6.08 Å². The molecule has 1 heterocycles. The lowest BCUT2D eigenvalue weighted by Gasteiger charge is -2.78. The second-order valence-electron chi connectivity index (χ2n) is 13.1. The molecule has 167 valence electrons. The molecule has 4 aliphatic rings. The minimum Gasteiger partial charge on any atom is -0.273 e. The van der Waals surface area contributed by atoms with Gasteiger partial charge in [0.25, 0.3) is 0 Å². The second kappa shape index (κ2) is 6.05. The van der Waals surface area contributed by atoms with Crippen molar-refractivity contribution in [1.82, 2.24) is 5.73 Å². The summed E-state index contributed by atoms with van der Waals surface area (Å²) < 4.78 is 0. The van der Waals surface area contributed by atoms with Gasteiger partial charge in [0, 0.05) is 5.04 Å². The van der Waals surface area contributed by atoms with Crippen LogP contribution in [-0.2, 0) is 21.7 Å². The maximum atomic E-state index is 13.5. The Kier molecular flexibility index (Phi) is 4.23. The highest BCUT2D eigenvalue weighted by atomic mass is 29.3. The van der Waals surface area contributed by atoms with Crippen LogP contribution in [0, 0.1) is 11.8 Å². The van der Waals surface area contributed by atoms with Gasteiger partial charge >= 0.3 is 0 Å². The molecule has 1 aromatic carbocycles. The Morgan fingerprint density at radius 2 is 1.74 bits per heavy atom. The molecular formula is C27H40NOSi2. The second-order valence-corrected chi connectivity index (χ2v) is 28.7.